The summed E-state index contributed by atoms with van der Waals surface area (Å²) in [5.41, 5.74) is 0. The molecule has 0 fully saturated rings. The van der Waals surface area contributed by atoms with E-state index in [9.17, 15) is 0 Å². The van der Waals surface area contributed by atoms with Crippen LogP contribution in [-0.2, 0) is 0 Å². The Bertz CT molecular complexity index is 137. The zero-order chi connectivity index (χ0) is 12.4. The summed E-state index contributed by atoms with van der Waals surface area (Å²) in [6.07, 6.45) is 11.4. The molecule has 2 unspecified atom stereocenters. The van der Waals surface area contributed by atoms with Crippen LogP contribution in [0.1, 0.15) is 86.0 Å². The zero-order valence-corrected chi connectivity index (χ0v) is 12.4. The van der Waals surface area contributed by atoms with Crippen molar-refractivity contribution in [2.24, 2.45) is 17.8 Å². The van der Waals surface area contributed by atoms with Gasteiger partial charge in [0, 0.05) is 0 Å². The molecule has 0 bridgehead atoms. The monoisotopic (exact) mass is 226 g/mol. The summed E-state index contributed by atoms with van der Waals surface area (Å²) in [6.45, 7) is 11.8. The van der Waals surface area contributed by atoms with Gasteiger partial charge < -0.3 is 0 Å². The van der Waals surface area contributed by atoms with E-state index in [4.69, 9.17) is 0 Å². The van der Waals surface area contributed by atoms with Crippen molar-refractivity contribution in [1.82, 2.24) is 0 Å². The molecule has 0 saturated carbocycles. The van der Waals surface area contributed by atoms with Gasteiger partial charge in [0.05, 0.1) is 0 Å². The number of hydrogen-bond acceptors (Lipinski definition) is 0. The van der Waals surface area contributed by atoms with Gasteiger partial charge in [0.2, 0.25) is 0 Å². The highest BCUT2D eigenvalue weighted by atomic mass is 14.2. The molecule has 0 aliphatic rings. The second kappa shape index (κ2) is 10.2. The largest absolute Gasteiger partial charge is 0.0654 e. The van der Waals surface area contributed by atoms with Crippen LogP contribution in [-0.4, -0.2) is 0 Å². The lowest BCUT2D eigenvalue weighted by atomic mass is 9.85. The molecular weight excluding hydrogens is 192 g/mol. The lowest BCUT2D eigenvalue weighted by Gasteiger charge is -2.21. The maximum Gasteiger partial charge on any atom is -0.0391 e. The van der Waals surface area contributed by atoms with Gasteiger partial charge in [-0.15, -0.1) is 0 Å². The fraction of sp³-hybridized carbons (Fsp3) is 1.00. The van der Waals surface area contributed by atoms with Crippen LogP contribution in [0.25, 0.3) is 0 Å². The highest BCUT2D eigenvalue weighted by molar-refractivity contribution is 4.64. The molecule has 0 saturated heterocycles. The molecule has 0 amide bonds. The summed E-state index contributed by atoms with van der Waals surface area (Å²) in [4.78, 5) is 0. The van der Waals surface area contributed by atoms with E-state index in [1.165, 1.54) is 51.4 Å². The van der Waals surface area contributed by atoms with E-state index in [-0.39, 0.29) is 0 Å². The molecule has 0 aromatic carbocycles. The fourth-order valence-corrected chi connectivity index (χ4v) is 2.61. The molecule has 16 heavy (non-hydrogen) atoms. The van der Waals surface area contributed by atoms with Crippen molar-refractivity contribution in [2.75, 3.05) is 0 Å². The van der Waals surface area contributed by atoms with E-state index in [1.807, 2.05) is 0 Å². The molecule has 0 spiro atoms. The number of hydrogen-bond donors (Lipinski definition) is 0. The SMILES string of the molecule is CCCCC(C)CCCC(CCC)C(C)C. The standard InChI is InChI=1S/C16H34/c1-6-8-11-15(5)12-9-13-16(10-7-2)14(3)4/h14-16H,6-13H2,1-5H3. The molecule has 0 nitrogen and oxygen atoms in total. The first-order chi connectivity index (χ1) is 7.61. The third kappa shape index (κ3) is 8.19. The van der Waals surface area contributed by atoms with Crippen LogP contribution in [0.4, 0.5) is 0 Å². The molecule has 0 aromatic heterocycles. The van der Waals surface area contributed by atoms with Crippen LogP contribution in [0.15, 0.2) is 0 Å². The molecule has 0 rings (SSSR count). The highest BCUT2D eigenvalue weighted by Gasteiger charge is 2.12. The molecule has 0 aliphatic carbocycles. The third-order valence-corrected chi connectivity index (χ3v) is 3.92. The van der Waals surface area contributed by atoms with Gasteiger partial charge in [0.25, 0.3) is 0 Å². The van der Waals surface area contributed by atoms with Crippen LogP contribution < -0.4 is 0 Å². The normalized spacial score (nSPS) is 15.4. The van der Waals surface area contributed by atoms with Crippen LogP contribution in [0, 0.1) is 17.8 Å². The second-order valence-corrected chi connectivity index (χ2v) is 5.97. The number of unbranched alkanes of at least 4 members (excludes halogenated alkanes) is 1. The predicted molar refractivity (Wildman–Crippen MR) is 75.8 cm³/mol. The van der Waals surface area contributed by atoms with Crippen molar-refractivity contribution < 1.29 is 0 Å². The molecule has 2 atom stereocenters. The molecule has 0 aromatic rings. The van der Waals surface area contributed by atoms with Crippen molar-refractivity contribution in [3.05, 3.63) is 0 Å². The Labute approximate surface area is 104 Å². The molecule has 98 valence electrons. The van der Waals surface area contributed by atoms with E-state index in [0.717, 1.165) is 17.8 Å². The number of rotatable bonds is 10. The summed E-state index contributed by atoms with van der Waals surface area (Å²) < 4.78 is 0. The van der Waals surface area contributed by atoms with Crippen molar-refractivity contribution in [3.8, 4) is 0 Å². The van der Waals surface area contributed by atoms with Crippen LogP contribution in [0.5, 0.6) is 0 Å². The fourth-order valence-electron chi connectivity index (χ4n) is 2.61. The Balaban J connectivity index is 3.60. The van der Waals surface area contributed by atoms with E-state index in [1.54, 1.807) is 0 Å². The maximum absolute atomic E-state index is 2.43. The highest BCUT2D eigenvalue weighted by Crippen LogP contribution is 2.25. The van der Waals surface area contributed by atoms with Gasteiger partial charge in [-0.2, -0.15) is 0 Å². The van der Waals surface area contributed by atoms with E-state index >= 15 is 0 Å². The van der Waals surface area contributed by atoms with Gasteiger partial charge in [0.1, 0.15) is 0 Å². The zero-order valence-electron chi connectivity index (χ0n) is 12.4. The third-order valence-electron chi connectivity index (χ3n) is 3.92. The average Bonchev–Trinajstić information content (AvgIpc) is 2.25. The average molecular weight is 226 g/mol. The van der Waals surface area contributed by atoms with E-state index in [2.05, 4.69) is 34.6 Å². The minimum atomic E-state index is 0.880. The van der Waals surface area contributed by atoms with Crippen molar-refractivity contribution in [1.29, 1.82) is 0 Å². The lowest BCUT2D eigenvalue weighted by Crippen LogP contribution is -2.09. The molecular formula is C16H34. The Kier molecular flexibility index (Phi) is 10.2. The van der Waals surface area contributed by atoms with Gasteiger partial charge in [-0.3, -0.25) is 0 Å². The summed E-state index contributed by atoms with van der Waals surface area (Å²) in [5, 5.41) is 0. The first-order valence-electron chi connectivity index (χ1n) is 7.61. The topological polar surface area (TPSA) is 0 Å². The smallest absolute Gasteiger partial charge is 0.0391 e. The summed E-state index contributed by atoms with van der Waals surface area (Å²) in [5.74, 6) is 2.81. The Morgan fingerprint density at radius 2 is 1.31 bits per heavy atom. The second-order valence-electron chi connectivity index (χ2n) is 5.97. The summed E-state index contributed by atoms with van der Waals surface area (Å²) in [6, 6.07) is 0. The van der Waals surface area contributed by atoms with Gasteiger partial charge in [-0.25, -0.2) is 0 Å². The molecule has 0 heterocycles. The summed E-state index contributed by atoms with van der Waals surface area (Å²) >= 11 is 0. The molecule has 0 N–H and O–H groups in total. The molecule has 0 radical (unpaired) electrons. The molecule has 0 aliphatic heterocycles. The Morgan fingerprint density at radius 1 is 0.688 bits per heavy atom. The van der Waals surface area contributed by atoms with E-state index < -0.39 is 0 Å². The first kappa shape index (κ1) is 16.0. The van der Waals surface area contributed by atoms with Gasteiger partial charge in [0.15, 0.2) is 0 Å². The van der Waals surface area contributed by atoms with E-state index in [0.29, 0.717) is 0 Å². The minimum absolute atomic E-state index is 0.880. The predicted octanol–water partition coefficient (Wildman–Crippen LogP) is 6.06. The van der Waals surface area contributed by atoms with Crippen molar-refractivity contribution in [2.45, 2.75) is 86.0 Å². The Morgan fingerprint density at radius 3 is 1.81 bits per heavy atom. The Hall–Kier alpha value is 0. The quantitative estimate of drug-likeness (QED) is 0.425. The van der Waals surface area contributed by atoms with Gasteiger partial charge in [-0.1, -0.05) is 86.0 Å². The minimum Gasteiger partial charge on any atom is -0.0654 e. The van der Waals surface area contributed by atoms with Gasteiger partial charge in [-0.05, 0) is 17.8 Å². The van der Waals surface area contributed by atoms with Crippen LogP contribution in [0.3, 0.4) is 0 Å². The van der Waals surface area contributed by atoms with Crippen molar-refractivity contribution >= 4 is 0 Å². The lowest BCUT2D eigenvalue weighted by molar-refractivity contribution is 0.310. The maximum atomic E-state index is 2.43. The molecule has 0 heteroatoms. The first-order valence-corrected chi connectivity index (χ1v) is 7.61. The van der Waals surface area contributed by atoms with Crippen LogP contribution >= 0.6 is 0 Å². The van der Waals surface area contributed by atoms with Crippen LogP contribution in [0.2, 0.25) is 0 Å². The van der Waals surface area contributed by atoms with Gasteiger partial charge >= 0.3 is 0 Å². The summed E-state index contributed by atoms with van der Waals surface area (Å²) in [7, 11) is 0. The van der Waals surface area contributed by atoms with Crippen molar-refractivity contribution in [3.63, 3.8) is 0 Å².